The maximum atomic E-state index is 6.21. The van der Waals surface area contributed by atoms with Crippen LogP contribution in [-0.2, 0) is 0 Å². The van der Waals surface area contributed by atoms with Gasteiger partial charge < -0.3 is 11.5 Å². The molecule has 5 heteroatoms. The van der Waals surface area contributed by atoms with E-state index in [1.54, 1.807) is 18.0 Å². The van der Waals surface area contributed by atoms with Crippen molar-refractivity contribution in [1.82, 2.24) is 4.98 Å². The smallest absolute Gasteiger partial charge is 0.128 e. The highest BCUT2D eigenvalue weighted by molar-refractivity contribution is 9.10. The van der Waals surface area contributed by atoms with Gasteiger partial charge in [0.2, 0.25) is 0 Å². The minimum Gasteiger partial charge on any atom is -0.383 e. The SMILES string of the molecule is Cc1cnc(N)c(C(N)CSc2ccccc2Br)c1. The molecule has 0 bridgehead atoms. The molecule has 1 heterocycles. The summed E-state index contributed by atoms with van der Waals surface area (Å²) in [6.07, 6.45) is 1.76. The fraction of sp³-hybridized carbons (Fsp3) is 0.214. The summed E-state index contributed by atoms with van der Waals surface area (Å²) in [6, 6.07) is 9.99. The van der Waals surface area contributed by atoms with E-state index >= 15 is 0 Å². The van der Waals surface area contributed by atoms with Gasteiger partial charge in [-0.2, -0.15) is 0 Å². The second kappa shape index (κ2) is 6.41. The van der Waals surface area contributed by atoms with Crippen molar-refractivity contribution in [2.75, 3.05) is 11.5 Å². The van der Waals surface area contributed by atoms with E-state index in [9.17, 15) is 0 Å². The van der Waals surface area contributed by atoms with Crippen molar-refractivity contribution < 1.29 is 0 Å². The average Bonchev–Trinajstić information content (AvgIpc) is 2.40. The third-order valence-electron chi connectivity index (χ3n) is 2.74. The molecule has 0 aliphatic heterocycles. The number of pyridine rings is 1. The minimum atomic E-state index is -0.121. The second-order valence-corrected chi connectivity index (χ2v) is 6.25. The lowest BCUT2D eigenvalue weighted by atomic mass is 10.1. The number of anilines is 1. The van der Waals surface area contributed by atoms with Gasteiger partial charge in [-0.3, -0.25) is 0 Å². The van der Waals surface area contributed by atoms with E-state index in [2.05, 4.69) is 27.0 Å². The van der Waals surface area contributed by atoms with Crippen molar-refractivity contribution in [2.24, 2.45) is 5.73 Å². The van der Waals surface area contributed by atoms with Crippen LogP contribution < -0.4 is 11.5 Å². The molecule has 0 aliphatic carbocycles. The Kier molecular flexibility index (Phi) is 4.85. The van der Waals surface area contributed by atoms with Crippen molar-refractivity contribution in [3.05, 3.63) is 52.1 Å². The maximum Gasteiger partial charge on any atom is 0.128 e. The van der Waals surface area contributed by atoms with Gasteiger partial charge in [-0.25, -0.2) is 4.98 Å². The summed E-state index contributed by atoms with van der Waals surface area (Å²) in [5, 5.41) is 0. The third kappa shape index (κ3) is 3.72. The van der Waals surface area contributed by atoms with Crippen LogP contribution in [0.2, 0.25) is 0 Å². The molecule has 0 fully saturated rings. The molecular formula is C14H16BrN3S. The molecule has 0 amide bonds. The zero-order chi connectivity index (χ0) is 13.8. The van der Waals surface area contributed by atoms with Gasteiger partial charge in [0, 0.05) is 32.9 Å². The van der Waals surface area contributed by atoms with Crippen LogP contribution in [0, 0.1) is 6.92 Å². The van der Waals surface area contributed by atoms with Crippen molar-refractivity contribution in [2.45, 2.75) is 17.9 Å². The van der Waals surface area contributed by atoms with Crippen molar-refractivity contribution >= 4 is 33.5 Å². The molecule has 2 aromatic rings. The van der Waals surface area contributed by atoms with Crippen LogP contribution >= 0.6 is 27.7 Å². The molecule has 3 nitrogen and oxygen atoms in total. The van der Waals surface area contributed by atoms with Gasteiger partial charge in [0.15, 0.2) is 0 Å². The fourth-order valence-corrected chi connectivity index (χ4v) is 3.28. The third-order valence-corrected chi connectivity index (χ3v) is 4.89. The molecule has 0 aliphatic rings. The summed E-state index contributed by atoms with van der Waals surface area (Å²) < 4.78 is 1.09. The van der Waals surface area contributed by atoms with Crippen LogP contribution in [0.5, 0.6) is 0 Å². The lowest BCUT2D eigenvalue weighted by molar-refractivity contribution is 0.826. The summed E-state index contributed by atoms with van der Waals surface area (Å²) in [5.74, 6) is 1.28. The maximum absolute atomic E-state index is 6.21. The molecule has 2 rings (SSSR count). The Bertz CT molecular complexity index is 574. The predicted octanol–water partition coefficient (Wildman–Crippen LogP) is 3.53. The summed E-state index contributed by atoms with van der Waals surface area (Å²) >= 11 is 5.24. The molecule has 1 unspecified atom stereocenters. The average molecular weight is 338 g/mol. The molecule has 0 saturated heterocycles. The standard InChI is InChI=1S/C14H16BrN3S/c1-9-6-10(14(17)18-7-9)12(16)8-19-13-5-3-2-4-11(13)15/h2-7,12H,8,16H2,1H3,(H2,17,18). The Labute approximate surface area is 125 Å². The van der Waals surface area contributed by atoms with Crippen molar-refractivity contribution in [3.63, 3.8) is 0 Å². The van der Waals surface area contributed by atoms with Crippen molar-refractivity contribution in [3.8, 4) is 0 Å². The Balaban J connectivity index is 2.07. The number of hydrogen-bond donors (Lipinski definition) is 2. The van der Waals surface area contributed by atoms with Gasteiger partial charge in [0.1, 0.15) is 5.82 Å². The number of aryl methyl sites for hydroxylation is 1. The molecule has 0 radical (unpaired) electrons. The topological polar surface area (TPSA) is 64.9 Å². The van der Waals surface area contributed by atoms with Crippen LogP contribution in [0.3, 0.4) is 0 Å². The molecule has 100 valence electrons. The zero-order valence-electron chi connectivity index (χ0n) is 10.6. The van der Waals surface area contributed by atoms with E-state index in [1.165, 1.54) is 4.90 Å². The van der Waals surface area contributed by atoms with Crippen LogP contribution in [-0.4, -0.2) is 10.7 Å². The number of aromatic nitrogens is 1. The van der Waals surface area contributed by atoms with Crippen LogP contribution in [0.15, 0.2) is 45.9 Å². The van der Waals surface area contributed by atoms with E-state index in [1.807, 2.05) is 31.2 Å². The first kappa shape index (κ1) is 14.4. The van der Waals surface area contributed by atoms with Gasteiger partial charge in [0.05, 0.1) is 0 Å². The molecule has 1 atom stereocenters. The Morgan fingerprint density at radius 3 is 2.84 bits per heavy atom. The number of nitrogen functional groups attached to an aromatic ring is 1. The monoisotopic (exact) mass is 337 g/mol. The lowest BCUT2D eigenvalue weighted by Gasteiger charge is -2.14. The van der Waals surface area contributed by atoms with Crippen LogP contribution in [0.25, 0.3) is 0 Å². The van der Waals surface area contributed by atoms with Gasteiger partial charge in [0.25, 0.3) is 0 Å². The van der Waals surface area contributed by atoms with Gasteiger partial charge in [-0.15, -0.1) is 11.8 Å². The number of hydrogen-bond acceptors (Lipinski definition) is 4. The zero-order valence-corrected chi connectivity index (χ0v) is 13.0. The van der Waals surface area contributed by atoms with E-state index in [0.717, 1.165) is 21.4 Å². The number of nitrogens with zero attached hydrogens (tertiary/aromatic N) is 1. The highest BCUT2D eigenvalue weighted by Gasteiger charge is 2.12. The highest BCUT2D eigenvalue weighted by Crippen LogP contribution is 2.30. The van der Waals surface area contributed by atoms with Crippen LogP contribution in [0.1, 0.15) is 17.2 Å². The summed E-state index contributed by atoms with van der Waals surface area (Å²) in [5.41, 5.74) is 14.1. The lowest BCUT2D eigenvalue weighted by Crippen LogP contribution is -2.16. The van der Waals surface area contributed by atoms with Gasteiger partial charge >= 0.3 is 0 Å². The molecule has 4 N–H and O–H groups in total. The number of halogens is 1. The molecule has 1 aromatic heterocycles. The first-order valence-electron chi connectivity index (χ1n) is 5.93. The molecule has 19 heavy (non-hydrogen) atoms. The van der Waals surface area contributed by atoms with Crippen molar-refractivity contribution in [1.29, 1.82) is 0 Å². The first-order valence-corrected chi connectivity index (χ1v) is 7.70. The van der Waals surface area contributed by atoms with Gasteiger partial charge in [-0.1, -0.05) is 12.1 Å². The molecule has 1 aromatic carbocycles. The summed E-state index contributed by atoms with van der Waals surface area (Å²) in [6.45, 7) is 1.99. The first-order chi connectivity index (χ1) is 9.08. The largest absolute Gasteiger partial charge is 0.383 e. The number of rotatable bonds is 4. The number of thioether (sulfide) groups is 1. The summed E-state index contributed by atoms with van der Waals surface area (Å²) in [4.78, 5) is 5.33. The minimum absolute atomic E-state index is 0.121. The normalized spacial score (nSPS) is 12.4. The molecular weight excluding hydrogens is 322 g/mol. The van der Waals surface area contributed by atoms with E-state index in [-0.39, 0.29) is 6.04 Å². The molecule has 0 spiro atoms. The summed E-state index contributed by atoms with van der Waals surface area (Å²) in [7, 11) is 0. The Morgan fingerprint density at radius 1 is 1.37 bits per heavy atom. The fourth-order valence-electron chi connectivity index (χ4n) is 1.73. The Morgan fingerprint density at radius 2 is 2.11 bits per heavy atom. The van der Waals surface area contributed by atoms with Crippen LogP contribution in [0.4, 0.5) is 5.82 Å². The van der Waals surface area contributed by atoms with Gasteiger partial charge in [-0.05, 0) is 46.6 Å². The van der Waals surface area contributed by atoms with E-state index < -0.39 is 0 Å². The van der Waals surface area contributed by atoms with E-state index in [0.29, 0.717) is 5.82 Å². The second-order valence-electron chi connectivity index (χ2n) is 4.34. The number of benzene rings is 1. The van der Waals surface area contributed by atoms with E-state index in [4.69, 9.17) is 11.5 Å². The predicted molar refractivity (Wildman–Crippen MR) is 85.2 cm³/mol. The highest BCUT2D eigenvalue weighted by atomic mass is 79.9. The Hall–Kier alpha value is -1.04. The number of nitrogens with two attached hydrogens (primary N) is 2. The quantitative estimate of drug-likeness (QED) is 0.837. The molecule has 0 saturated carbocycles.